The number of sulfonamides is 1. The zero-order valence-corrected chi connectivity index (χ0v) is 14.7. The maximum absolute atomic E-state index is 12.4. The molecule has 2 aromatic rings. The molecule has 132 valence electrons. The minimum absolute atomic E-state index is 0.0107. The van der Waals surface area contributed by atoms with Crippen molar-refractivity contribution in [1.29, 1.82) is 0 Å². The molecule has 0 aliphatic heterocycles. The lowest BCUT2D eigenvalue weighted by atomic mass is 9.78. The number of halogens is 1. The summed E-state index contributed by atoms with van der Waals surface area (Å²) < 4.78 is 32.8. The van der Waals surface area contributed by atoms with Crippen LogP contribution in [0.2, 0.25) is 5.02 Å². The topological polar surface area (TPSA) is 92.7 Å². The Morgan fingerprint density at radius 3 is 2.00 bits per heavy atom. The number of ether oxygens (including phenoxy) is 1. The van der Waals surface area contributed by atoms with Crippen molar-refractivity contribution in [3.8, 4) is 11.5 Å². The summed E-state index contributed by atoms with van der Waals surface area (Å²) in [5.41, 5.74) is -1.39. The first-order valence-electron chi connectivity index (χ1n) is 7.62. The fourth-order valence-corrected chi connectivity index (χ4v) is 4.08. The summed E-state index contributed by atoms with van der Waals surface area (Å²) in [4.78, 5) is 11.3. The fourth-order valence-electron chi connectivity index (χ4n) is 2.53. The summed E-state index contributed by atoms with van der Waals surface area (Å²) >= 11 is 5.81. The van der Waals surface area contributed by atoms with E-state index in [0.29, 0.717) is 35.8 Å². The minimum Gasteiger partial charge on any atom is -0.480 e. The molecule has 0 heterocycles. The molecule has 8 heteroatoms. The molecule has 0 unspecified atom stereocenters. The van der Waals surface area contributed by atoms with E-state index in [1.165, 1.54) is 24.3 Å². The van der Waals surface area contributed by atoms with Crippen molar-refractivity contribution >= 4 is 27.6 Å². The summed E-state index contributed by atoms with van der Waals surface area (Å²) in [5, 5.41) is 9.85. The number of carboxylic acid groups (broad SMARTS) is 1. The van der Waals surface area contributed by atoms with Crippen LogP contribution < -0.4 is 9.46 Å². The molecule has 0 bridgehead atoms. The van der Waals surface area contributed by atoms with Gasteiger partial charge in [0.05, 0.1) is 4.90 Å². The summed E-state index contributed by atoms with van der Waals surface area (Å²) in [5.74, 6) is -0.125. The Hall–Kier alpha value is -2.09. The van der Waals surface area contributed by atoms with Crippen LogP contribution in [0, 0.1) is 0 Å². The van der Waals surface area contributed by atoms with E-state index < -0.39 is 21.5 Å². The Morgan fingerprint density at radius 1 is 1.04 bits per heavy atom. The van der Waals surface area contributed by atoms with Gasteiger partial charge in [-0.15, -0.1) is 0 Å². The average molecular weight is 382 g/mol. The summed E-state index contributed by atoms with van der Waals surface area (Å²) in [7, 11) is -3.92. The standard InChI is InChI=1S/C17H16ClNO5S/c18-12-2-4-13(5-3-12)24-14-6-8-15(9-7-14)25(22,23)19-17(16(20)21)10-1-11-17/h2-9,19H,1,10-11H2,(H,20,21). The predicted octanol–water partition coefficient (Wildman–Crippen LogP) is 3.42. The Balaban J connectivity index is 1.75. The van der Waals surface area contributed by atoms with Crippen LogP contribution in [0.4, 0.5) is 0 Å². The van der Waals surface area contributed by atoms with Crippen molar-refractivity contribution in [2.75, 3.05) is 0 Å². The highest BCUT2D eigenvalue weighted by molar-refractivity contribution is 7.89. The van der Waals surface area contributed by atoms with E-state index in [1.807, 2.05) is 0 Å². The third kappa shape index (κ3) is 3.78. The first kappa shape index (κ1) is 17.7. The summed E-state index contributed by atoms with van der Waals surface area (Å²) in [6.45, 7) is 0. The van der Waals surface area contributed by atoms with Crippen LogP contribution in [-0.2, 0) is 14.8 Å². The zero-order valence-electron chi connectivity index (χ0n) is 13.1. The number of benzene rings is 2. The maximum atomic E-state index is 12.4. The van der Waals surface area contributed by atoms with Crippen molar-refractivity contribution in [3.05, 3.63) is 53.6 Å². The van der Waals surface area contributed by atoms with Gasteiger partial charge in [-0.2, -0.15) is 4.72 Å². The van der Waals surface area contributed by atoms with Crippen molar-refractivity contribution < 1.29 is 23.1 Å². The maximum Gasteiger partial charge on any atom is 0.324 e. The molecular formula is C17H16ClNO5S. The van der Waals surface area contributed by atoms with Crippen LogP contribution in [0.1, 0.15) is 19.3 Å². The smallest absolute Gasteiger partial charge is 0.324 e. The van der Waals surface area contributed by atoms with Crippen molar-refractivity contribution in [3.63, 3.8) is 0 Å². The lowest BCUT2D eigenvalue weighted by molar-refractivity contribution is -0.147. The van der Waals surface area contributed by atoms with Gasteiger partial charge >= 0.3 is 5.97 Å². The van der Waals surface area contributed by atoms with Crippen molar-refractivity contribution in [2.24, 2.45) is 0 Å². The fraction of sp³-hybridized carbons (Fsp3) is 0.235. The van der Waals surface area contributed by atoms with Crippen LogP contribution in [0.5, 0.6) is 11.5 Å². The lowest BCUT2D eigenvalue weighted by Crippen LogP contribution is -2.58. The molecule has 1 fully saturated rings. The van der Waals surface area contributed by atoms with E-state index in [4.69, 9.17) is 16.3 Å². The molecule has 3 rings (SSSR count). The van der Waals surface area contributed by atoms with Crippen LogP contribution in [0.3, 0.4) is 0 Å². The van der Waals surface area contributed by atoms with Crippen LogP contribution >= 0.6 is 11.6 Å². The third-order valence-electron chi connectivity index (χ3n) is 4.13. The second kappa shape index (κ2) is 6.67. The molecule has 0 radical (unpaired) electrons. The Labute approximate surface area is 150 Å². The van der Waals surface area contributed by atoms with E-state index in [-0.39, 0.29) is 4.90 Å². The molecule has 1 aliphatic carbocycles. The predicted molar refractivity (Wildman–Crippen MR) is 92.5 cm³/mol. The Bertz CT molecular complexity index is 874. The SMILES string of the molecule is O=C(O)C1(NS(=O)(=O)c2ccc(Oc3ccc(Cl)cc3)cc2)CCC1. The molecule has 1 aliphatic rings. The number of hydrogen-bond donors (Lipinski definition) is 2. The summed E-state index contributed by atoms with van der Waals surface area (Å²) in [6.07, 6.45) is 1.27. The van der Waals surface area contributed by atoms with Gasteiger partial charge in [-0.05, 0) is 67.8 Å². The number of rotatable bonds is 6. The Morgan fingerprint density at radius 2 is 1.56 bits per heavy atom. The van der Waals surface area contributed by atoms with Gasteiger partial charge in [0.15, 0.2) is 0 Å². The monoisotopic (exact) mass is 381 g/mol. The second-order valence-electron chi connectivity index (χ2n) is 5.87. The number of nitrogens with one attached hydrogen (secondary N) is 1. The molecule has 0 atom stereocenters. The molecule has 1 saturated carbocycles. The van der Waals surface area contributed by atoms with Gasteiger partial charge in [0, 0.05) is 5.02 Å². The number of carbonyl (C=O) groups is 1. The molecule has 0 aromatic heterocycles. The molecule has 6 nitrogen and oxygen atoms in total. The quantitative estimate of drug-likeness (QED) is 0.799. The molecule has 2 aromatic carbocycles. The van der Waals surface area contributed by atoms with Gasteiger partial charge in [-0.1, -0.05) is 11.6 Å². The van der Waals surface area contributed by atoms with Crippen LogP contribution in [-0.4, -0.2) is 25.0 Å². The van der Waals surface area contributed by atoms with E-state index in [0.717, 1.165) is 0 Å². The van der Waals surface area contributed by atoms with E-state index in [9.17, 15) is 18.3 Å². The van der Waals surface area contributed by atoms with Crippen molar-refractivity contribution in [2.45, 2.75) is 29.7 Å². The van der Waals surface area contributed by atoms with Gasteiger partial charge in [-0.3, -0.25) is 4.79 Å². The van der Waals surface area contributed by atoms with Crippen LogP contribution in [0.15, 0.2) is 53.4 Å². The Kier molecular flexibility index (Phi) is 4.73. The molecule has 0 amide bonds. The highest BCUT2D eigenvalue weighted by Gasteiger charge is 2.47. The van der Waals surface area contributed by atoms with Crippen LogP contribution in [0.25, 0.3) is 0 Å². The lowest BCUT2D eigenvalue weighted by Gasteiger charge is -2.37. The first-order valence-corrected chi connectivity index (χ1v) is 9.48. The summed E-state index contributed by atoms with van der Waals surface area (Å²) in [6, 6.07) is 12.5. The number of carboxylic acids is 1. The molecule has 0 saturated heterocycles. The number of aliphatic carboxylic acids is 1. The largest absolute Gasteiger partial charge is 0.480 e. The molecule has 2 N–H and O–H groups in total. The molecule has 25 heavy (non-hydrogen) atoms. The molecular weight excluding hydrogens is 366 g/mol. The van der Waals surface area contributed by atoms with Gasteiger partial charge in [0.1, 0.15) is 17.0 Å². The first-order chi connectivity index (χ1) is 11.8. The van der Waals surface area contributed by atoms with E-state index in [1.54, 1.807) is 24.3 Å². The van der Waals surface area contributed by atoms with Gasteiger partial charge in [0.2, 0.25) is 10.0 Å². The molecule has 0 spiro atoms. The van der Waals surface area contributed by atoms with Crippen molar-refractivity contribution in [1.82, 2.24) is 4.72 Å². The third-order valence-corrected chi connectivity index (χ3v) is 5.93. The van der Waals surface area contributed by atoms with E-state index >= 15 is 0 Å². The highest BCUT2D eigenvalue weighted by Crippen LogP contribution is 2.34. The normalized spacial score (nSPS) is 16.0. The number of hydrogen-bond acceptors (Lipinski definition) is 4. The van der Waals surface area contributed by atoms with Gasteiger partial charge in [0.25, 0.3) is 0 Å². The van der Waals surface area contributed by atoms with Gasteiger partial charge in [-0.25, -0.2) is 8.42 Å². The second-order valence-corrected chi connectivity index (χ2v) is 7.99. The van der Waals surface area contributed by atoms with E-state index in [2.05, 4.69) is 4.72 Å². The zero-order chi connectivity index (χ0) is 18.1. The highest BCUT2D eigenvalue weighted by atomic mass is 35.5. The minimum atomic E-state index is -3.92. The average Bonchev–Trinajstić information content (AvgIpc) is 2.53. The van der Waals surface area contributed by atoms with Gasteiger partial charge < -0.3 is 9.84 Å².